The largest absolute Gasteiger partial charge is 0.465 e. The molecule has 0 saturated heterocycles. The predicted octanol–water partition coefficient (Wildman–Crippen LogP) is 4.38. The van der Waals surface area contributed by atoms with Gasteiger partial charge in [-0.1, -0.05) is 40.6 Å². The van der Waals surface area contributed by atoms with Crippen LogP contribution in [0.15, 0.2) is 35.3 Å². The van der Waals surface area contributed by atoms with Crippen molar-refractivity contribution < 1.29 is 14.3 Å². The molecule has 3 aromatic rings. The van der Waals surface area contributed by atoms with Gasteiger partial charge in [-0.15, -0.1) is 11.3 Å². The molecule has 0 unspecified atom stereocenters. The van der Waals surface area contributed by atoms with Gasteiger partial charge < -0.3 is 9.30 Å². The Morgan fingerprint density at radius 3 is 2.68 bits per heavy atom. The van der Waals surface area contributed by atoms with E-state index >= 15 is 0 Å². The summed E-state index contributed by atoms with van der Waals surface area (Å²) in [5, 5.41) is 0.478. The molecule has 130 valence electrons. The molecule has 0 fully saturated rings. The van der Waals surface area contributed by atoms with Crippen LogP contribution in [0.4, 0.5) is 0 Å². The zero-order valence-electron chi connectivity index (χ0n) is 13.0. The molecular weight excluding hydrogens is 403 g/mol. The van der Waals surface area contributed by atoms with Gasteiger partial charge in [0.2, 0.25) is 0 Å². The standard InChI is InChI=1S/C16H12Cl2N2O3S2/c1-2-23-13(21)8-20-14-9(17)4-3-5-10(14)25-16(20)19-15(22)11-6-7-12(18)24-11/h3-7H,2,8H2,1H3. The van der Waals surface area contributed by atoms with Gasteiger partial charge in [0.1, 0.15) is 6.54 Å². The number of fused-ring (bicyclic) bond motifs is 1. The molecule has 5 nitrogen and oxygen atoms in total. The third kappa shape index (κ3) is 3.95. The molecule has 0 N–H and O–H groups in total. The number of para-hydroxylation sites is 1. The smallest absolute Gasteiger partial charge is 0.326 e. The van der Waals surface area contributed by atoms with Gasteiger partial charge in [-0.25, -0.2) is 0 Å². The highest BCUT2D eigenvalue weighted by atomic mass is 35.5. The van der Waals surface area contributed by atoms with Gasteiger partial charge in [0.15, 0.2) is 4.80 Å². The van der Waals surface area contributed by atoms with E-state index in [0.717, 1.165) is 16.0 Å². The molecule has 2 aromatic heterocycles. The zero-order valence-corrected chi connectivity index (χ0v) is 16.1. The number of thiazole rings is 1. The van der Waals surface area contributed by atoms with Crippen molar-refractivity contribution in [2.24, 2.45) is 4.99 Å². The molecule has 0 aliphatic heterocycles. The molecule has 2 heterocycles. The molecule has 0 aliphatic carbocycles. The third-order valence-corrected chi connectivity index (χ3v) is 5.79. The van der Waals surface area contributed by atoms with Crippen molar-refractivity contribution in [1.29, 1.82) is 0 Å². The number of amides is 1. The van der Waals surface area contributed by atoms with E-state index in [0.29, 0.717) is 24.6 Å². The van der Waals surface area contributed by atoms with Gasteiger partial charge in [-0.05, 0) is 31.2 Å². The van der Waals surface area contributed by atoms with E-state index in [2.05, 4.69) is 4.99 Å². The second-order valence-electron chi connectivity index (χ2n) is 4.88. The lowest BCUT2D eigenvalue weighted by Crippen LogP contribution is -2.23. The maximum absolute atomic E-state index is 12.4. The average molecular weight is 415 g/mol. The summed E-state index contributed by atoms with van der Waals surface area (Å²) in [6, 6.07) is 8.65. The van der Waals surface area contributed by atoms with Gasteiger partial charge in [0, 0.05) is 0 Å². The minimum atomic E-state index is -0.421. The molecule has 3 rings (SSSR count). The Balaban J connectivity index is 2.13. The number of carbonyl (C=O) groups is 2. The molecule has 25 heavy (non-hydrogen) atoms. The first-order valence-corrected chi connectivity index (χ1v) is 9.66. The zero-order chi connectivity index (χ0) is 18.0. The van der Waals surface area contributed by atoms with Crippen LogP contribution in [0, 0.1) is 0 Å². The summed E-state index contributed by atoms with van der Waals surface area (Å²) in [5.74, 6) is -0.840. The van der Waals surface area contributed by atoms with Crippen LogP contribution < -0.4 is 4.80 Å². The van der Waals surface area contributed by atoms with Crippen LogP contribution in [-0.4, -0.2) is 23.1 Å². The number of esters is 1. The Bertz CT molecular complexity index is 1020. The van der Waals surface area contributed by atoms with Crippen molar-refractivity contribution in [2.75, 3.05) is 6.61 Å². The fraction of sp³-hybridized carbons (Fsp3) is 0.188. The summed E-state index contributed by atoms with van der Waals surface area (Å²) < 4.78 is 7.95. The van der Waals surface area contributed by atoms with Crippen LogP contribution in [0.2, 0.25) is 9.36 Å². The van der Waals surface area contributed by atoms with Crippen LogP contribution >= 0.6 is 45.9 Å². The summed E-state index contributed by atoms with van der Waals surface area (Å²) in [6.45, 7) is 1.93. The van der Waals surface area contributed by atoms with Gasteiger partial charge >= 0.3 is 5.97 Å². The highest BCUT2D eigenvalue weighted by Crippen LogP contribution is 2.26. The van der Waals surface area contributed by atoms with E-state index < -0.39 is 11.9 Å². The molecule has 0 spiro atoms. The summed E-state index contributed by atoms with van der Waals surface area (Å²) >= 11 is 14.6. The summed E-state index contributed by atoms with van der Waals surface area (Å²) in [5.41, 5.74) is 0.651. The van der Waals surface area contributed by atoms with Gasteiger partial charge in [0.25, 0.3) is 5.91 Å². The normalized spacial score (nSPS) is 11.9. The molecule has 1 aromatic carbocycles. The Morgan fingerprint density at radius 2 is 2.00 bits per heavy atom. The molecule has 0 atom stereocenters. The Labute approximate surface area is 161 Å². The van der Waals surface area contributed by atoms with Crippen molar-refractivity contribution in [2.45, 2.75) is 13.5 Å². The lowest BCUT2D eigenvalue weighted by atomic mass is 10.3. The minimum absolute atomic E-state index is 0.0745. The number of hydrogen-bond donors (Lipinski definition) is 0. The molecule has 0 bridgehead atoms. The van der Waals surface area contributed by atoms with E-state index in [1.807, 2.05) is 6.07 Å². The molecule has 0 saturated carbocycles. The highest BCUT2D eigenvalue weighted by molar-refractivity contribution is 7.18. The Hall–Kier alpha value is -1.67. The fourth-order valence-electron chi connectivity index (χ4n) is 2.23. The van der Waals surface area contributed by atoms with E-state index in [-0.39, 0.29) is 13.2 Å². The van der Waals surface area contributed by atoms with Crippen LogP contribution in [0.5, 0.6) is 0 Å². The number of ether oxygens (including phenoxy) is 1. The third-order valence-electron chi connectivity index (χ3n) is 3.23. The van der Waals surface area contributed by atoms with E-state index in [9.17, 15) is 9.59 Å². The van der Waals surface area contributed by atoms with Crippen LogP contribution in [0.1, 0.15) is 16.6 Å². The number of carbonyl (C=O) groups excluding carboxylic acids is 2. The number of benzene rings is 1. The number of nitrogens with zero attached hydrogens (tertiary/aromatic N) is 2. The van der Waals surface area contributed by atoms with Gasteiger partial charge in [0.05, 0.1) is 31.1 Å². The van der Waals surface area contributed by atoms with Crippen molar-refractivity contribution in [3.8, 4) is 0 Å². The Kier molecular flexibility index (Phi) is 5.58. The number of hydrogen-bond acceptors (Lipinski definition) is 5. The van der Waals surface area contributed by atoms with Crippen molar-refractivity contribution in [1.82, 2.24) is 4.57 Å². The molecule has 0 aliphatic rings. The molecule has 0 radical (unpaired) electrons. The molecular formula is C16H12Cl2N2O3S2. The molecule has 1 amide bonds. The number of halogens is 2. The van der Waals surface area contributed by atoms with Crippen molar-refractivity contribution in [3.63, 3.8) is 0 Å². The first-order chi connectivity index (χ1) is 12.0. The Morgan fingerprint density at radius 1 is 1.20 bits per heavy atom. The quantitative estimate of drug-likeness (QED) is 0.595. The first-order valence-electron chi connectivity index (χ1n) is 7.27. The monoisotopic (exact) mass is 414 g/mol. The summed E-state index contributed by atoms with van der Waals surface area (Å²) in [4.78, 5) is 29.3. The lowest BCUT2D eigenvalue weighted by Gasteiger charge is -2.06. The topological polar surface area (TPSA) is 60.7 Å². The van der Waals surface area contributed by atoms with Crippen LogP contribution in [0.25, 0.3) is 10.2 Å². The lowest BCUT2D eigenvalue weighted by molar-refractivity contribution is -0.143. The van der Waals surface area contributed by atoms with Crippen LogP contribution in [-0.2, 0) is 16.1 Å². The average Bonchev–Trinajstić information content (AvgIpc) is 3.13. The molecule has 9 heteroatoms. The fourth-order valence-corrected chi connectivity index (χ4v) is 4.54. The van der Waals surface area contributed by atoms with Gasteiger partial charge in [-0.2, -0.15) is 4.99 Å². The highest BCUT2D eigenvalue weighted by Gasteiger charge is 2.15. The van der Waals surface area contributed by atoms with Crippen molar-refractivity contribution >= 4 is 68.0 Å². The number of rotatable bonds is 4. The first kappa shape index (κ1) is 18.1. The number of thiophene rings is 1. The van der Waals surface area contributed by atoms with E-state index in [1.54, 1.807) is 35.8 Å². The summed E-state index contributed by atoms with van der Waals surface area (Å²) in [6.07, 6.45) is 0. The second kappa shape index (κ2) is 7.70. The van der Waals surface area contributed by atoms with E-state index in [1.165, 1.54) is 11.3 Å². The maximum Gasteiger partial charge on any atom is 0.326 e. The minimum Gasteiger partial charge on any atom is -0.465 e. The SMILES string of the molecule is CCOC(=O)Cn1c(=NC(=O)c2ccc(Cl)s2)sc2cccc(Cl)c21. The van der Waals surface area contributed by atoms with Gasteiger partial charge in [-0.3, -0.25) is 9.59 Å². The maximum atomic E-state index is 12.4. The van der Waals surface area contributed by atoms with E-state index in [4.69, 9.17) is 27.9 Å². The van der Waals surface area contributed by atoms with Crippen LogP contribution in [0.3, 0.4) is 0 Å². The van der Waals surface area contributed by atoms with Crippen molar-refractivity contribution in [3.05, 3.63) is 49.4 Å². The predicted molar refractivity (Wildman–Crippen MR) is 101 cm³/mol. The second-order valence-corrected chi connectivity index (χ2v) is 8.01. The number of aromatic nitrogens is 1. The summed E-state index contributed by atoms with van der Waals surface area (Å²) in [7, 11) is 0.